The molecule has 0 bridgehead atoms. The fourth-order valence-corrected chi connectivity index (χ4v) is 8.97. The van der Waals surface area contributed by atoms with E-state index in [1.54, 1.807) is 38.5 Å². The molecule has 1 aliphatic carbocycles. The molecular formula is C41H45Cl2F2N9O5. The Morgan fingerprint density at radius 3 is 2.39 bits per heavy atom. The maximum absolute atomic E-state index is 13.9. The van der Waals surface area contributed by atoms with Crippen LogP contribution in [0.1, 0.15) is 56.1 Å². The molecule has 2 unspecified atom stereocenters. The van der Waals surface area contributed by atoms with Gasteiger partial charge in [-0.2, -0.15) is 0 Å². The first kappa shape index (κ1) is 42.0. The smallest absolute Gasteiger partial charge is 0.332 e. The third-order valence-electron chi connectivity index (χ3n) is 11.2. The largest absolute Gasteiger partial charge is 0.481 e. The van der Waals surface area contributed by atoms with Crippen LogP contribution in [0, 0.1) is 0 Å². The van der Waals surface area contributed by atoms with Gasteiger partial charge in [-0.15, -0.1) is 0 Å². The molecule has 0 saturated carbocycles. The van der Waals surface area contributed by atoms with Gasteiger partial charge in [0, 0.05) is 75.7 Å². The summed E-state index contributed by atoms with van der Waals surface area (Å²) in [7, 11) is 5.85. The van der Waals surface area contributed by atoms with Gasteiger partial charge in [-0.25, -0.2) is 33.3 Å². The van der Waals surface area contributed by atoms with Crippen molar-refractivity contribution in [1.82, 2.24) is 39.2 Å². The first-order chi connectivity index (χ1) is 28.3. The summed E-state index contributed by atoms with van der Waals surface area (Å²) in [6, 6.07) is 12.6. The van der Waals surface area contributed by atoms with Crippen LogP contribution >= 0.6 is 23.2 Å². The lowest BCUT2D eigenvalue weighted by atomic mass is 9.99. The second-order valence-corrected chi connectivity index (χ2v) is 15.3. The number of likely N-dealkylation sites (tertiary alicyclic amines) is 1. The number of ether oxygens (including phenoxy) is 2. The standard InChI is InChI=1S/C39H39Cl2F2N9O5.C2H6/c1-49-34-28(36(53)50(2)38(49)55)32(46-33(47-34)31(42)43)44-24-10-6-8-22(30(24)41)21-7-5-9-23(29(21)40)25-17-20-11-12-26(27(20)35(45-25)57-4)51-14-13-39(18-51)19-52(15-16-56-3)37(54)48-39;1-2/h5-10,17,26,31H,11-16,18-19H2,1-4H3,(H,48,54)(H,44,46,47);1-2H3. The maximum Gasteiger partial charge on any atom is 0.332 e. The molecule has 3 aromatic heterocycles. The van der Waals surface area contributed by atoms with Gasteiger partial charge in [0.15, 0.2) is 11.5 Å². The number of alkyl halides is 2. The van der Waals surface area contributed by atoms with Crippen LogP contribution in [0.4, 0.5) is 25.1 Å². The number of fused-ring (bicyclic) bond motifs is 2. The number of pyridine rings is 1. The zero-order chi connectivity index (χ0) is 42.3. The van der Waals surface area contributed by atoms with Crippen molar-refractivity contribution in [3.05, 3.63) is 90.3 Å². The molecule has 0 radical (unpaired) electrons. The number of methoxy groups -OCH3 is 2. The summed E-state index contributed by atoms with van der Waals surface area (Å²) in [5.74, 6) is -0.589. The average Bonchev–Trinajstić information content (AvgIpc) is 3.94. The summed E-state index contributed by atoms with van der Waals surface area (Å²) in [5, 5.41) is 6.58. The summed E-state index contributed by atoms with van der Waals surface area (Å²) in [6.45, 7) is 7.22. The summed E-state index contributed by atoms with van der Waals surface area (Å²) < 4.78 is 40.9. The topological polar surface area (TPSA) is 149 Å². The van der Waals surface area contributed by atoms with Crippen LogP contribution < -0.4 is 26.6 Å². The molecule has 8 rings (SSSR count). The molecule has 2 N–H and O–H groups in total. The molecule has 2 saturated heterocycles. The van der Waals surface area contributed by atoms with E-state index in [-0.39, 0.29) is 45.2 Å². The molecule has 5 aromatic rings. The Kier molecular flexibility index (Phi) is 12.0. The number of carbonyl (C=O) groups excluding carboxylic acids is 1. The summed E-state index contributed by atoms with van der Waals surface area (Å²) in [5.41, 5.74) is 2.68. The summed E-state index contributed by atoms with van der Waals surface area (Å²) >= 11 is 14.2. The van der Waals surface area contributed by atoms with Gasteiger partial charge in [0.1, 0.15) is 11.2 Å². The number of amides is 2. The second kappa shape index (κ2) is 16.8. The van der Waals surface area contributed by atoms with Crippen molar-refractivity contribution in [2.24, 2.45) is 14.1 Å². The van der Waals surface area contributed by atoms with Crippen molar-refractivity contribution >= 4 is 51.8 Å². The van der Waals surface area contributed by atoms with E-state index in [0.29, 0.717) is 53.0 Å². The first-order valence-electron chi connectivity index (χ1n) is 19.3. The summed E-state index contributed by atoms with van der Waals surface area (Å²) in [4.78, 5) is 55.6. The van der Waals surface area contributed by atoms with Crippen LogP contribution in [0.2, 0.25) is 10.0 Å². The Balaban J connectivity index is 0.00000260. The van der Waals surface area contributed by atoms with Crippen LogP contribution in [0.3, 0.4) is 0 Å². The zero-order valence-corrected chi connectivity index (χ0v) is 35.0. The van der Waals surface area contributed by atoms with Gasteiger partial charge in [-0.3, -0.25) is 18.8 Å². The number of halogens is 4. The van der Waals surface area contributed by atoms with Gasteiger partial charge < -0.3 is 25.0 Å². The number of carbonyl (C=O) groups is 1. The Labute approximate surface area is 349 Å². The third-order valence-corrected chi connectivity index (χ3v) is 12.0. The van der Waals surface area contributed by atoms with Crippen molar-refractivity contribution in [3.63, 3.8) is 0 Å². The summed E-state index contributed by atoms with van der Waals surface area (Å²) in [6.07, 6.45) is -0.558. The number of hydrogen-bond acceptors (Lipinski definition) is 10. The SMILES string of the molecule is CC.COCCN1CC2(CCN(C3CCc4cc(-c5cccc(-c6cccc(Nc7nc(C(F)F)nc8c7c(=O)n(C)c(=O)n8C)c6Cl)c5Cl)nc(OC)c43)C2)NC1=O. The number of hydrogen-bond donors (Lipinski definition) is 2. The predicted molar refractivity (Wildman–Crippen MR) is 223 cm³/mol. The van der Waals surface area contributed by atoms with Crippen LogP contribution in [0.25, 0.3) is 33.4 Å². The molecule has 1 spiro atoms. The van der Waals surface area contributed by atoms with Crippen molar-refractivity contribution < 1.29 is 23.0 Å². The quantitative estimate of drug-likeness (QED) is 0.152. The minimum Gasteiger partial charge on any atom is -0.481 e. The number of nitrogens with one attached hydrogen (secondary N) is 2. The number of nitrogens with zero attached hydrogens (tertiary/aromatic N) is 7. The lowest BCUT2D eigenvalue weighted by Gasteiger charge is -2.28. The molecule has 312 valence electrons. The Hall–Kier alpha value is -5.16. The van der Waals surface area contributed by atoms with Crippen molar-refractivity contribution in [1.29, 1.82) is 0 Å². The van der Waals surface area contributed by atoms with Crippen molar-refractivity contribution in [2.75, 3.05) is 52.3 Å². The molecule has 2 aromatic carbocycles. The van der Waals surface area contributed by atoms with Gasteiger partial charge in [-0.05, 0) is 37.0 Å². The number of aryl methyl sites for hydroxylation is 2. The Bertz CT molecular complexity index is 2570. The molecule has 2 amide bonds. The van der Waals surface area contributed by atoms with Crippen LogP contribution in [-0.4, -0.2) is 92.5 Å². The molecule has 2 aliphatic heterocycles. The fourth-order valence-electron chi connectivity index (χ4n) is 8.37. The monoisotopic (exact) mass is 851 g/mol. The highest BCUT2D eigenvalue weighted by Crippen LogP contribution is 2.47. The molecular weight excluding hydrogens is 807 g/mol. The zero-order valence-electron chi connectivity index (χ0n) is 33.5. The van der Waals surface area contributed by atoms with E-state index in [9.17, 15) is 23.2 Å². The lowest BCUT2D eigenvalue weighted by Crippen LogP contribution is -2.46. The maximum atomic E-state index is 13.9. The minimum absolute atomic E-state index is 0.0583. The van der Waals surface area contributed by atoms with Crippen molar-refractivity contribution in [2.45, 2.75) is 51.1 Å². The van der Waals surface area contributed by atoms with Gasteiger partial charge >= 0.3 is 11.7 Å². The van der Waals surface area contributed by atoms with Crippen molar-refractivity contribution in [3.8, 4) is 28.3 Å². The molecule has 5 heterocycles. The molecule has 2 fully saturated rings. The second-order valence-electron chi connectivity index (χ2n) is 14.6. The fraction of sp³-hybridized carbons (Fsp3) is 0.415. The molecule has 18 heteroatoms. The molecule has 59 heavy (non-hydrogen) atoms. The van der Waals surface area contributed by atoms with Crippen LogP contribution in [0.5, 0.6) is 5.88 Å². The normalized spacial score (nSPS) is 18.7. The van der Waals surface area contributed by atoms with Gasteiger partial charge in [-0.1, -0.05) is 67.4 Å². The van der Waals surface area contributed by atoms with E-state index in [1.165, 1.54) is 14.1 Å². The van der Waals surface area contributed by atoms with Crippen LogP contribution in [0.15, 0.2) is 52.1 Å². The lowest BCUT2D eigenvalue weighted by molar-refractivity contribution is 0.141. The number of rotatable bonds is 10. The van der Waals surface area contributed by atoms with Gasteiger partial charge in [0.05, 0.1) is 40.7 Å². The number of anilines is 2. The van der Waals surface area contributed by atoms with E-state index in [2.05, 4.69) is 25.5 Å². The highest BCUT2D eigenvalue weighted by molar-refractivity contribution is 6.39. The number of benzene rings is 2. The van der Waals surface area contributed by atoms with Gasteiger partial charge in [0.25, 0.3) is 12.0 Å². The van der Waals surface area contributed by atoms with E-state index in [4.69, 9.17) is 37.7 Å². The van der Waals surface area contributed by atoms with E-state index < -0.39 is 23.5 Å². The Morgan fingerprint density at radius 1 is 0.966 bits per heavy atom. The third kappa shape index (κ3) is 7.51. The number of aromatic nitrogens is 5. The highest BCUT2D eigenvalue weighted by Gasteiger charge is 2.49. The van der Waals surface area contributed by atoms with E-state index in [0.717, 1.165) is 52.6 Å². The average molecular weight is 853 g/mol. The van der Waals surface area contributed by atoms with E-state index >= 15 is 0 Å². The predicted octanol–water partition coefficient (Wildman–Crippen LogP) is 6.88. The van der Waals surface area contributed by atoms with Crippen LogP contribution in [-0.2, 0) is 25.3 Å². The number of urea groups is 1. The molecule has 14 nitrogen and oxygen atoms in total. The Morgan fingerprint density at radius 2 is 1.68 bits per heavy atom. The molecule has 3 aliphatic rings. The molecule has 2 atom stereocenters. The van der Waals surface area contributed by atoms with Gasteiger partial charge in [0.2, 0.25) is 5.88 Å². The first-order valence-corrected chi connectivity index (χ1v) is 20.1. The van der Waals surface area contributed by atoms with E-state index in [1.807, 2.05) is 36.9 Å². The minimum atomic E-state index is -3.08. The highest BCUT2D eigenvalue weighted by atomic mass is 35.5.